The smallest absolute Gasteiger partial charge is 0.335 e. The quantitative estimate of drug-likeness (QED) is 0.302. The fraction of sp³-hybridized carbons (Fsp3) is 0.111. The molecule has 1 saturated heterocycles. The van der Waals surface area contributed by atoms with Gasteiger partial charge in [-0.3, -0.25) is 9.59 Å². The van der Waals surface area contributed by atoms with Gasteiger partial charge < -0.3 is 25.2 Å². The van der Waals surface area contributed by atoms with Gasteiger partial charge in [0, 0.05) is 5.69 Å². The number of rotatable bonds is 9. The van der Waals surface area contributed by atoms with Gasteiger partial charge in [-0.1, -0.05) is 36.4 Å². The largest absolute Gasteiger partial charge is 0.493 e. The van der Waals surface area contributed by atoms with Gasteiger partial charge in [0.2, 0.25) is 5.91 Å². The second kappa shape index (κ2) is 11.1. The molecule has 3 aromatic carbocycles. The third-order valence-electron chi connectivity index (χ3n) is 5.42. The zero-order valence-corrected chi connectivity index (χ0v) is 19.8. The third-order valence-corrected chi connectivity index (χ3v) is 5.42. The molecule has 3 aromatic rings. The van der Waals surface area contributed by atoms with Crippen LogP contribution in [0.3, 0.4) is 0 Å². The number of hydrogen-bond acceptors (Lipinski definition) is 6. The highest BCUT2D eigenvalue weighted by atomic mass is 16.5. The number of amides is 4. The second-order valence-electron chi connectivity index (χ2n) is 7.99. The Hall–Kier alpha value is -5.12. The number of carbonyl (C=O) groups is 4. The molecule has 0 aliphatic carbocycles. The first-order valence-electron chi connectivity index (χ1n) is 11.2. The van der Waals surface area contributed by atoms with Gasteiger partial charge in [-0.2, -0.15) is 0 Å². The Kier molecular flexibility index (Phi) is 7.48. The van der Waals surface area contributed by atoms with Gasteiger partial charge in [0.25, 0.3) is 5.91 Å². The van der Waals surface area contributed by atoms with E-state index in [0.717, 1.165) is 10.5 Å². The van der Waals surface area contributed by atoms with Crippen LogP contribution in [0.2, 0.25) is 0 Å². The first kappa shape index (κ1) is 25.0. The zero-order chi connectivity index (χ0) is 26.4. The number of anilines is 1. The maximum Gasteiger partial charge on any atom is 0.335 e. The number of para-hydroxylation sites is 1. The summed E-state index contributed by atoms with van der Waals surface area (Å²) >= 11 is 0. The van der Waals surface area contributed by atoms with Crippen molar-refractivity contribution >= 4 is 35.6 Å². The maximum absolute atomic E-state index is 12.8. The van der Waals surface area contributed by atoms with Crippen molar-refractivity contribution in [3.63, 3.8) is 0 Å². The molecule has 37 heavy (non-hydrogen) atoms. The van der Waals surface area contributed by atoms with Gasteiger partial charge >= 0.3 is 12.0 Å². The Bertz CT molecular complexity index is 1370. The van der Waals surface area contributed by atoms with E-state index in [1.807, 2.05) is 0 Å². The van der Waals surface area contributed by atoms with Crippen LogP contribution in [0.4, 0.5) is 10.5 Å². The van der Waals surface area contributed by atoms with Gasteiger partial charge in [0.05, 0.1) is 12.7 Å². The molecule has 1 fully saturated rings. The van der Waals surface area contributed by atoms with E-state index in [0.29, 0.717) is 22.7 Å². The topological polar surface area (TPSA) is 134 Å². The molecule has 0 spiro atoms. The number of ether oxygens (including phenoxy) is 2. The Morgan fingerprint density at radius 3 is 2.41 bits per heavy atom. The van der Waals surface area contributed by atoms with E-state index in [-0.39, 0.29) is 17.9 Å². The molecule has 0 aromatic heterocycles. The van der Waals surface area contributed by atoms with Crippen molar-refractivity contribution in [1.82, 2.24) is 10.2 Å². The SMILES string of the molecule is COc1cc(/C=C2\NC(=O)N(CC(=O)Nc3ccccc3)C2=O)ccc1OCc1ccc(C(=O)O)cc1. The summed E-state index contributed by atoms with van der Waals surface area (Å²) in [5, 5.41) is 14.1. The van der Waals surface area contributed by atoms with Crippen molar-refractivity contribution in [3.05, 3.63) is 95.2 Å². The van der Waals surface area contributed by atoms with Crippen LogP contribution in [0, 0.1) is 0 Å². The molecule has 4 amide bonds. The summed E-state index contributed by atoms with van der Waals surface area (Å²) in [6.07, 6.45) is 1.48. The van der Waals surface area contributed by atoms with Crippen LogP contribution in [0.25, 0.3) is 6.08 Å². The van der Waals surface area contributed by atoms with Crippen LogP contribution in [-0.2, 0) is 16.2 Å². The fourth-order valence-corrected chi connectivity index (χ4v) is 3.55. The monoisotopic (exact) mass is 501 g/mol. The molecule has 3 N–H and O–H groups in total. The van der Waals surface area contributed by atoms with E-state index in [9.17, 15) is 19.2 Å². The summed E-state index contributed by atoms with van der Waals surface area (Å²) < 4.78 is 11.2. The van der Waals surface area contributed by atoms with Crippen molar-refractivity contribution in [1.29, 1.82) is 0 Å². The lowest BCUT2D eigenvalue weighted by Gasteiger charge is -2.12. The highest BCUT2D eigenvalue weighted by Crippen LogP contribution is 2.30. The van der Waals surface area contributed by atoms with Crippen LogP contribution < -0.4 is 20.1 Å². The number of carboxylic acids is 1. The standard InChI is InChI=1S/C27H23N3O7/c1-36-23-14-18(9-12-22(23)37-16-17-7-10-19(11-8-17)26(33)34)13-21-25(32)30(27(35)29-21)15-24(31)28-20-5-3-2-4-6-20/h2-14H,15-16H2,1H3,(H,28,31)(H,29,35)(H,33,34)/b21-13-. The van der Waals surface area contributed by atoms with Crippen molar-refractivity contribution in [2.45, 2.75) is 6.61 Å². The van der Waals surface area contributed by atoms with E-state index in [1.165, 1.54) is 25.3 Å². The summed E-state index contributed by atoms with van der Waals surface area (Å²) in [4.78, 5) is 49.2. The predicted molar refractivity (Wildman–Crippen MR) is 134 cm³/mol. The minimum Gasteiger partial charge on any atom is -0.493 e. The summed E-state index contributed by atoms with van der Waals surface area (Å²) in [6, 6.07) is 19.3. The second-order valence-corrected chi connectivity index (χ2v) is 7.99. The average Bonchev–Trinajstić information content (AvgIpc) is 3.15. The summed E-state index contributed by atoms with van der Waals surface area (Å²) in [5.41, 5.74) is 2.10. The normalized spacial score (nSPS) is 13.9. The van der Waals surface area contributed by atoms with E-state index < -0.39 is 30.4 Å². The average molecular weight is 501 g/mol. The maximum atomic E-state index is 12.8. The van der Waals surface area contributed by atoms with Gasteiger partial charge in [-0.05, 0) is 53.6 Å². The van der Waals surface area contributed by atoms with E-state index in [1.54, 1.807) is 60.7 Å². The molecule has 0 saturated carbocycles. The molecular weight excluding hydrogens is 478 g/mol. The van der Waals surface area contributed by atoms with Crippen molar-refractivity contribution in [2.75, 3.05) is 19.0 Å². The van der Waals surface area contributed by atoms with Crippen molar-refractivity contribution < 1.29 is 33.8 Å². The first-order valence-corrected chi connectivity index (χ1v) is 11.2. The van der Waals surface area contributed by atoms with Crippen LogP contribution >= 0.6 is 0 Å². The minimum atomic E-state index is -1.01. The summed E-state index contributed by atoms with van der Waals surface area (Å²) in [6.45, 7) is -0.244. The van der Waals surface area contributed by atoms with Crippen molar-refractivity contribution in [3.8, 4) is 11.5 Å². The van der Waals surface area contributed by atoms with E-state index in [4.69, 9.17) is 14.6 Å². The van der Waals surface area contributed by atoms with Gasteiger partial charge in [0.15, 0.2) is 11.5 Å². The van der Waals surface area contributed by atoms with Crippen LogP contribution in [0.1, 0.15) is 21.5 Å². The number of aromatic carboxylic acids is 1. The first-order chi connectivity index (χ1) is 17.8. The molecule has 1 heterocycles. The molecule has 0 unspecified atom stereocenters. The third kappa shape index (κ3) is 6.12. The highest BCUT2D eigenvalue weighted by molar-refractivity contribution is 6.16. The Morgan fingerprint density at radius 1 is 1.00 bits per heavy atom. The number of carboxylic acid groups (broad SMARTS) is 1. The molecule has 4 rings (SSSR count). The molecular formula is C27H23N3O7. The Balaban J connectivity index is 1.41. The van der Waals surface area contributed by atoms with Gasteiger partial charge in [-0.15, -0.1) is 0 Å². The van der Waals surface area contributed by atoms with Crippen LogP contribution in [0.5, 0.6) is 11.5 Å². The summed E-state index contributed by atoms with van der Waals surface area (Å²) in [5.74, 6) is -1.30. The molecule has 0 bridgehead atoms. The Labute approximate surface area is 212 Å². The molecule has 10 heteroatoms. The number of nitrogens with one attached hydrogen (secondary N) is 2. The lowest BCUT2D eigenvalue weighted by atomic mass is 10.1. The number of nitrogens with zero attached hydrogens (tertiary/aromatic N) is 1. The molecule has 0 radical (unpaired) electrons. The number of urea groups is 1. The summed E-state index contributed by atoms with van der Waals surface area (Å²) in [7, 11) is 1.47. The molecule has 1 aliphatic heterocycles. The zero-order valence-electron chi connectivity index (χ0n) is 19.8. The number of carbonyl (C=O) groups excluding carboxylic acids is 3. The number of methoxy groups -OCH3 is 1. The van der Waals surface area contributed by atoms with Crippen LogP contribution in [0.15, 0.2) is 78.5 Å². The number of benzene rings is 3. The lowest BCUT2D eigenvalue weighted by molar-refractivity contribution is -0.127. The predicted octanol–water partition coefficient (Wildman–Crippen LogP) is 3.50. The Morgan fingerprint density at radius 2 is 1.73 bits per heavy atom. The van der Waals surface area contributed by atoms with Crippen molar-refractivity contribution in [2.24, 2.45) is 0 Å². The molecule has 0 atom stereocenters. The van der Waals surface area contributed by atoms with E-state index >= 15 is 0 Å². The molecule has 188 valence electrons. The number of imide groups is 1. The van der Waals surface area contributed by atoms with Crippen LogP contribution in [-0.4, -0.2) is 47.5 Å². The lowest BCUT2D eigenvalue weighted by Crippen LogP contribution is -2.38. The molecule has 1 aliphatic rings. The fourth-order valence-electron chi connectivity index (χ4n) is 3.55. The van der Waals surface area contributed by atoms with Gasteiger partial charge in [0.1, 0.15) is 18.8 Å². The number of hydrogen-bond donors (Lipinski definition) is 3. The van der Waals surface area contributed by atoms with E-state index in [2.05, 4.69) is 10.6 Å². The molecule has 10 nitrogen and oxygen atoms in total. The highest BCUT2D eigenvalue weighted by Gasteiger charge is 2.35. The minimum absolute atomic E-state index is 0.0201. The van der Waals surface area contributed by atoms with Gasteiger partial charge in [-0.25, -0.2) is 14.5 Å².